The second kappa shape index (κ2) is 5.49. The zero-order valence-corrected chi connectivity index (χ0v) is 10.2. The third-order valence-corrected chi connectivity index (χ3v) is 3.21. The zero-order valence-electron chi connectivity index (χ0n) is 9.43. The van der Waals surface area contributed by atoms with E-state index in [1.807, 2.05) is 4.90 Å². The molecule has 1 heterocycles. The molecule has 0 saturated carbocycles. The summed E-state index contributed by atoms with van der Waals surface area (Å²) in [6.45, 7) is 1.95. The van der Waals surface area contributed by atoms with Crippen LogP contribution in [0.2, 0.25) is 5.02 Å². The van der Waals surface area contributed by atoms with Crippen LogP contribution in [0.4, 0.5) is 0 Å². The number of hydrogen-bond acceptors (Lipinski definition) is 3. The molecule has 1 fully saturated rings. The molecule has 0 bridgehead atoms. The van der Waals surface area contributed by atoms with Gasteiger partial charge in [0.15, 0.2) is 0 Å². The van der Waals surface area contributed by atoms with Crippen LogP contribution in [-0.2, 0) is 4.84 Å². The lowest BCUT2D eigenvalue weighted by atomic mass is 10.1. The van der Waals surface area contributed by atoms with Gasteiger partial charge >= 0.3 is 0 Å². The molecule has 2 rings (SSSR count). The fourth-order valence-corrected chi connectivity index (χ4v) is 2.28. The predicted octanol–water partition coefficient (Wildman–Crippen LogP) is 1.69. The topological polar surface area (TPSA) is 55.6 Å². The van der Waals surface area contributed by atoms with Crippen LogP contribution < -0.4 is 5.90 Å². The molecule has 5 heteroatoms. The standard InChI is InChI=1S/C12H15ClN2O2/c13-11-3-1-2-10(6-11)12(16)15-5-4-9(7-15)8-17-14/h1-3,6,9H,4-5,7-8,14H2. The number of benzene rings is 1. The Morgan fingerprint density at radius 3 is 3.12 bits per heavy atom. The van der Waals surface area contributed by atoms with E-state index in [0.717, 1.165) is 13.0 Å². The summed E-state index contributed by atoms with van der Waals surface area (Å²) in [6.07, 6.45) is 0.934. The van der Waals surface area contributed by atoms with Gasteiger partial charge in [0.1, 0.15) is 0 Å². The number of likely N-dealkylation sites (tertiary alicyclic amines) is 1. The van der Waals surface area contributed by atoms with Gasteiger partial charge in [-0.25, -0.2) is 5.90 Å². The Morgan fingerprint density at radius 1 is 1.59 bits per heavy atom. The molecule has 1 aliphatic heterocycles. The quantitative estimate of drug-likeness (QED) is 0.836. The number of amides is 1. The van der Waals surface area contributed by atoms with E-state index in [1.54, 1.807) is 24.3 Å². The normalized spacial score (nSPS) is 19.6. The zero-order chi connectivity index (χ0) is 12.3. The highest BCUT2D eigenvalue weighted by atomic mass is 35.5. The Hall–Kier alpha value is -1.10. The highest BCUT2D eigenvalue weighted by molar-refractivity contribution is 6.30. The monoisotopic (exact) mass is 254 g/mol. The maximum Gasteiger partial charge on any atom is 0.253 e. The molecule has 0 aliphatic carbocycles. The van der Waals surface area contributed by atoms with Gasteiger partial charge in [0.05, 0.1) is 6.61 Å². The van der Waals surface area contributed by atoms with Gasteiger partial charge in [-0.15, -0.1) is 0 Å². The van der Waals surface area contributed by atoms with Gasteiger partial charge in [-0.2, -0.15) is 0 Å². The first-order valence-electron chi connectivity index (χ1n) is 5.57. The summed E-state index contributed by atoms with van der Waals surface area (Å²) < 4.78 is 0. The summed E-state index contributed by atoms with van der Waals surface area (Å²) in [7, 11) is 0. The van der Waals surface area contributed by atoms with Crippen LogP contribution in [-0.4, -0.2) is 30.5 Å². The maximum atomic E-state index is 12.1. The van der Waals surface area contributed by atoms with Gasteiger partial charge in [-0.3, -0.25) is 4.79 Å². The molecular weight excluding hydrogens is 240 g/mol. The molecule has 1 atom stereocenters. The van der Waals surface area contributed by atoms with Crippen LogP contribution in [0.3, 0.4) is 0 Å². The van der Waals surface area contributed by atoms with E-state index in [9.17, 15) is 4.79 Å². The summed E-state index contributed by atoms with van der Waals surface area (Å²) in [5, 5.41) is 0.580. The molecular formula is C12H15ClN2O2. The molecule has 1 aliphatic rings. The molecule has 1 saturated heterocycles. The Labute approximate surface area is 105 Å². The highest BCUT2D eigenvalue weighted by Crippen LogP contribution is 2.20. The lowest BCUT2D eigenvalue weighted by molar-refractivity contribution is 0.0754. The summed E-state index contributed by atoms with van der Waals surface area (Å²) in [6, 6.07) is 7.01. The van der Waals surface area contributed by atoms with Crippen LogP contribution in [0.1, 0.15) is 16.8 Å². The molecule has 0 aromatic heterocycles. The van der Waals surface area contributed by atoms with Crippen molar-refractivity contribution in [3.63, 3.8) is 0 Å². The molecule has 1 unspecified atom stereocenters. The number of hydrogen-bond donors (Lipinski definition) is 1. The smallest absolute Gasteiger partial charge is 0.253 e. The first kappa shape index (κ1) is 12.4. The first-order valence-corrected chi connectivity index (χ1v) is 5.95. The Morgan fingerprint density at radius 2 is 2.41 bits per heavy atom. The molecule has 0 spiro atoms. The van der Waals surface area contributed by atoms with Crippen molar-refractivity contribution in [1.29, 1.82) is 0 Å². The van der Waals surface area contributed by atoms with Crippen molar-refractivity contribution in [2.75, 3.05) is 19.7 Å². The Balaban J connectivity index is 2.02. The van der Waals surface area contributed by atoms with E-state index in [1.165, 1.54) is 0 Å². The van der Waals surface area contributed by atoms with Crippen molar-refractivity contribution in [1.82, 2.24) is 4.90 Å². The van der Waals surface area contributed by atoms with Crippen molar-refractivity contribution >= 4 is 17.5 Å². The number of nitrogens with two attached hydrogens (primary N) is 1. The minimum absolute atomic E-state index is 0.0204. The molecule has 0 radical (unpaired) electrons. The second-order valence-corrected chi connectivity index (χ2v) is 4.69. The second-order valence-electron chi connectivity index (χ2n) is 4.25. The van der Waals surface area contributed by atoms with Crippen molar-refractivity contribution in [3.8, 4) is 0 Å². The van der Waals surface area contributed by atoms with Crippen LogP contribution >= 0.6 is 11.6 Å². The Bertz CT molecular complexity index is 411. The summed E-state index contributed by atoms with van der Waals surface area (Å²) in [5.41, 5.74) is 0.631. The van der Waals surface area contributed by atoms with Crippen LogP contribution in [0.15, 0.2) is 24.3 Å². The van der Waals surface area contributed by atoms with E-state index >= 15 is 0 Å². The molecule has 2 N–H and O–H groups in total. The maximum absolute atomic E-state index is 12.1. The average molecular weight is 255 g/mol. The third-order valence-electron chi connectivity index (χ3n) is 2.98. The average Bonchev–Trinajstić information content (AvgIpc) is 2.77. The first-order chi connectivity index (χ1) is 8.20. The fourth-order valence-electron chi connectivity index (χ4n) is 2.09. The number of carbonyl (C=O) groups excluding carboxylic acids is 1. The van der Waals surface area contributed by atoms with Crippen LogP contribution in [0.25, 0.3) is 0 Å². The van der Waals surface area contributed by atoms with Gasteiger partial charge in [0, 0.05) is 29.6 Å². The van der Waals surface area contributed by atoms with Crippen molar-refractivity contribution in [3.05, 3.63) is 34.9 Å². The van der Waals surface area contributed by atoms with E-state index in [0.29, 0.717) is 29.7 Å². The fraction of sp³-hybridized carbons (Fsp3) is 0.417. The lowest BCUT2D eigenvalue weighted by Gasteiger charge is -2.16. The number of nitrogens with zero attached hydrogens (tertiary/aromatic N) is 1. The van der Waals surface area contributed by atoms with Crippen molar-refractivity contribution in [2.24, 2.45) is 11.8 Å². The summed E-state index contributed by atoms with van der Waals surface area (Å²) in [4.78, 5) is 18.6. The number of halogens is 1. The molecule has 92 valence electrons. The van der Waals surface area contributed by atoms with Crippen molar-refractivity contribution in [2.45, 2.75) is 6.42 Å². The molecule has 1 aromatic carbocycles. The minimum Gasteiger partial charge on any atom is -0.338 e. The van der Waals surface area contributed by atoms with Gasteiger partial charge in [0.2, 0.25) is 0 Å². The van der Waals surface area contributed by atoms with E-state index < -0.39 is 0 Å². The predicted molar refractivity (Wildman–Crippen MR) is 65.6 cm³/mol. The van der Waals surface area contributed by atoms with Gasteiger partial charge < -0.3 is 9.74 Å². The minimum atomic E-state index is 0.0204. The third kappa shape index (κ3) is 2.97. The summed E-state index contributed by atoms with van der Waals surface area (Å²) >= 11 is 5.87. The van der Waals surface area contributed by atoms with Gasteiger partial charge in [-0.1, -0.05) is 17.7 Å². The number of carbonyl (C=O) groups is 1. The largest absolute Gasteiger partial charge is 0.338 e. The van der Waals surface area contributed by atoms with Crippen LogP contribution in [0.5, 0.6) is 0 Å². The summed E-state index contributed by atoms with van der Waals surface area (Å²) in [5.74, 6) is 5.40. The van der Waals surface area contributed by atoms with Crippen LogP contribution in [0, 0.1) is 5.92 Å². The van der Waals surface area contributed by atoms with E-state index in [4.69, 9.17) is 17.5 Å². The van der Waals surface area contributed by atoms with Crippen molar-refractivity contribution < 1.29 is 9.63 Å². The molecule has 1 amide bonds. The number of rotatable bonds is 3. The van der Waals surface area contributed by atoms with E-state index in [-0.39, 0.29) is 5.91 Å². The highest BCUT2D eigenvalue weighted by Gasteiger charge is 2.26. The van der Waals surface area contributed by atoms with Gasteiger partial charge in [-0.05, 0) is 24.6 Å². The SMILES string of the molecule is NOCC1CCN(C(=O)c2cccc(Cl)c2)C1. The molecule has 1 aromatic rings. The van der Waals surface area contributed by atoms with E-state index in [2.05, 4.69) is 4.84 Å². The van der Waals surface area contributed by atoms with Gasteiger partial charge in [0.25, 0.3) is 5.91 Å². The molecule has 4 nitrogen and oxygen atoms in total. The Kier molecular flexibility index (Phi) is 3.99. The molecule has 17 heavy (non-hydrogen) atoms. The lowest BCUT2D eigenvalue weighted by Crippen LogP contribution is -2.29.